The Hall–Kier alpha value is -3.88. The molecule has 37 heavy (non-hydrogen) atoms. The average Bonchev–Trinajstić information content (AvgIpc) is 3.30. The number of hydrogen-bond acceptors (Lipinski definition) is 6. The fraction of sp³-hybridized carbons (Fsp3) is 0.429. The summed E-state index contributed by atoms with van der Waals surface area (Å²) in [5.74, 6) is -0.244. The maximum atomic E-state index is 13.0. The monoisotopic (exact) mass is 505 g/mol. The molecule has 0 bridgehead atoms. The molecule has 2 heterocycles. The van der Waals surface area contributed by atoms with Gasteiger partial charge >= 0.3 is 11.7 Å². The average molecular weight is 506 g/mol. The Labute approximate surface area is 217 Å². The second-order valence-corrected chi connectivity index (χ2v) is 9.51. The summed E-state index contributed by atoms with van der Waals surface area (Å²) in [6, 6.07) is 17.0. The van der Waals surface area contributed by atoms with Crippen LogP contribution in [0.15, 0.2) is 65.7 Å². The molecule has 0 aliphatic carbocycles. The molecule has 0 radical (unpaired) electrons. The minimum Gasteiger partial charge on any atom is -0.464 e. The molecule has 1 aromatic heterocycles. The van der Waals surface area contributed by atoms with Gasteiger partial charge in [0.1, 0.15) is 12.4 Å². The highest BCUT2D eigenvalue weighted by Crippen LogP contribution is 2.26. The van der Waals surface area contributed by atoms with Crippen LogP contribution in [0.2, 0.25) is 0 Å². The minimum absolute atomic E-state index is 0.115. The Balaban J connectivity index is 1.32. The van der Waals surface area contributed by atoms with Gasteiger partial charge < -0.3 is 15.0 Å². The fourth-order valence-electron chi connectivity index (χ4n) is 4.74. The zero-order chi connectivity index (χ0) is 26.4. The summed E-state index contributed by atoms with van der Waals surface area (Å²) in [6.07, 6.45) is 3.76. The molecule has 9 nitrogen and oxygen atoms in total. The van der Waals surface area contributed by atoms with Gasteiger partial charge in [0.25, 0.3) is 0 Å². The van der Waals surface area contributed by atoms with Gasteiger partial charge in [-0.15, -0.1) is 0 Å². The number of carbonyl (C=O) groups excluding carboxylic acids is 2. The molecule has 9 heteroatoms. The van der Waals surface area contributed by atoms with Gasteiger partial charge in [-0.1, -0.05) is 30.3 Å². The lowest BCUT2D eigenvalue weighted by atomic mass is 9.92. The summed E-state index contributed by atoms with van der Waals surface area (Å²) < 4.78 is 8.01. The largest absolute Gasteiger partial charge is 0.464 e. The van der Waals surface area contributed by atoms with Crippen molar-refractivity contribution in [1.82, 2.24) is 19.7 Å². The van der Waals surface area contributed by atoms with Crippen LogP contribution in [-0.2, 0) is 14.3 Å². The van der Waals surface area contributed by atoms with Gasteiger partial charge in [-0.3, -0.25) is 4.79 Å². The van der Waals surface area contributed by atoms with Crippen molar-refractivity contribution in [1.29, 1.82) is 0 Å². The summed E-state index contributed by atoms with van der Waals surface area (Å²) in [6.45, 7) is 7.34. The van der Waals surface area contributed by atoms with Crippen LogP contribution in [0.4, 0.5) is 5.69 Å². The van der Waals surface area contributed by atoms with E-state index in [0.717, 1.165) is 42.9 Å². The van der Waals surface area contributed by atoms with Gasteiger partial charge in [-0.2, -0.15) is 5.10 Å². The highest BCUT2D eigenvalue weighted by Gasteiger charge is 2.24. The first kappa shape index (κ1) is 26.2. The Morgan fingerprint density at radius 1 is 1.03 bits per heavy atom. The van der Waals surface area contributed by atoms with Gasteiger partial charge in [0.15, 0.2) is 0 Å². The lowest BCUT2D eigenvalue weighted by Crippen LogP contribution is -2.41. The third-order valence-corrected chi connectivity index (χ3v) is 6.94. The number of ether oxygens (including phenoxy) is 1. The van der Waals surface area contributed by atoms with Crippen LogP contribution < -0.4 is 15.9 Å². The molecule has 3 aromatic rings. The van der Waals surface area contributed by atoms with E-state index < -0.39 is 12.0 Å². The van der Waals surface area contributed by atoms with E-state index in [2.05, 4.69) is 15.3 Å². The minimum atomic E-state index is -0.632. The van der Waals surface area contributed by atoms with Crippen LogP contribution in [0.5, 0.6) is 0 Å². The Morgan fingerprint density at radius 2 is 1.68 bits per heavy atom. The molecule has 2 unspecified atom stereocenters. The normalized spacial score (nSPS) is 15.7. The van der Waals surface area contributed by atoms with Gasteiger partial charge in [-0.25, -0.2) is 18.8 Å². The first-order valence-electron chi connectivity index (χ1n) is 12.9. The Morgan fingerprint density at radius 3 is 2.32 bits per heavy atom. The predicted octanol–water partition coefficient (Wildman–Crippen LogP) is 3.32. The molecule has 1 amide bonds. The molecule has 2 atom stereocenters. The first-order valence-corrected chi connectivity index (χ1v) is 12.9. The van der Waals surface area contributed by atoms with Gasteiger partial charge in [0.05, 0.1) is 18.3 Å². The van der Waals surface area contributed by atoms with Crippen LogP contribution in [0.1, 0.15) is 51.6 Å². The molecule has 1 aliphatic heterocycles. The Bertz CT molecular complexity index is 1240. The van der Waals surface area contributed by atoms with Crippen LogP contribution in [0, 0.1) is 5.92 Å². The number of carbonyl (C=O) groups is 2. The molecule has 1 fully saturated rings. The number of esters is 1. The summed E-state index contributed by atoms with van der Waals surface area (Å²) in [4.78, 5) is 39.4. The first-order chi connectivity index (χ1) is 17.9. The number of rotatable bonds is 9. The van der Waals surface area contributed by atoms with E-state index in [1.54, 1.807) is 24.7 Å². The zero-order valence-electron chi connectivity index (χ0n) is 21.7. The van der Waals surface area contributed by atoms with Crippen LogP contribution in [-0.4, -0.2) is 52.0 Å². The van der Waals surface area contributed by atoms with E-state index in [0.29, 0.717) is 13.0 Å². The number of benzene rings is 2. The lowest BCUT2D eigenvalue weighted by molar-refractivity contribution is -0.147. The molecule has 0 saturated carbocycles. The van der Waals surface area contributed by atoms with Crippen molar-refractivity contribution in [3.8, 4) is 5.69 Å². The zero-order valence-corrected chi connectivity index (χ0v) is 21.7. The number of amides is 1. The molecular weight excluding hydrogens is 470 g/mol. The quantitative estimate of drug-likeness (QED) is 0.448. The maximum absolute atomic E-state index is 13.0. The van der Waals surface area contributed by atoms with Crippen molar-refractivity contribution in [3.05, 3.63) is 77.0 Å². The summed E-state index contributed by atoms with van der Waals surface area (Å²) >= 11 is 0. The molecule has 1 aliphatic rings. The standard InChI is InChI=1S/C28H35N5O4/c1-4-37-27(35)20(2)30-26(34)18-22-14-16-31(17-15-22)24-10-12-25(13-11-24)32-19-29-33(28(32)36)21(3)23-8-6-5-7-9-23/h5-13,19-22H,4,14-18H2,1-3H3,(H,30,34). The van der Waals surface area contributed by atoms with Crippen molar-refractivity contribution in [2.75, 3.05) is 24.6 Å². The number of hydrogen-bond donors (Lipinski definition) is 1. The van der Waals surface area contributed by atoms with Crippen molar-refractivity contribution in [2.24, 2.45) is 5.92 Å². The van der Waals surface area contributed by atoms with E-state index in [-0.39, 0.29) is 23.6 Å². The summed E-state index contributed by atoms with van der Waals surface area (Å²) in [5, 5.41) is 7.08. The lowest BCUT2D eigenvalue weighted by Gasteiger charge is -2.33. The van der Waals surface area contributed by atoms with Gasteiger partial charge in [-0.05, 0) is 69.4 Å². The number of piperidine rings is 1. The smallest absolute Gasteiger partial charge is 0.350 e. The van der Waals surface area contributed by atoms with Crippen LogP contribution >= 0.6 is 0 Å². The van der Waals surface area contributed by atoms with Gasteiger partial charge in [0, 0.05) is 25.2 Å². The molecule has 1 saturated heterocycles. The van der Waals surface area contributed by atoms with Crippen molar-refractivity contribution in [3.63, 3.8) is 0 Å². The predicted molar refractivity (Wildman–Crippen MR) is 142 cm³/mol. The van der Waals surface area contributed by atoms with Crippen molar-refractivity contribution < 1.29 is 14.3 Å². The van der Waals surface area contributed by atoms with E-state index in [9.17, 15) is 14.4 Å². The fourth-order valence-corrected chi connectivity index (χ4v) is 4.74. The van der Waals surface area contributed by atoms with E-state index in [1.807, 2.05) is 61.5 Å². The van der Waals surface area contributed by atoms with E-state index in [1.165, 1.54) is 4.68 Å². The maximum Gasteiger partial charge on any atom is 0.350 e. The molecule has 0 spiro atoms. The van der Waals surface area contributed by atoms with Crippen LogP contribution in [0.25, 0.3) is 5.69 Å². The molecule has 1 N–H and O–H groups in total. The van der Waals surface area contributed by atoms with E-state index >= 15 is 0 Å². The Kier molecular flexibility index (Phi) is 8.43. The van der Waals surface area contributed by atoms with Crippen molar-refractivity contribution >= 4 is 17.6 Å². The number of nitrogens with one attached hydrogen (secondary N) is 1. The van der Waals surface area contributed by atoms with Crippen LogP contribution in [0.3, 0.4) is 0 Å². The van der Waals surface area contributed by atoms with Crippen molar-refractivity contribution in [2.45, 2.75) is 52.1 Å². The second-order valence-electron chi connectivity index (χ2n) is 9.51. The number of anilines is 1. The highest BCUT2D eigenvalue weighted by molar-refractivity contribution is 5.84. The number of aromatic nitrogens is 3. The third-order valence-electron chi connectivity index (χ3n) is 6.94. The van der Waals surface area contributed by atoms with E-state index in [4.69, 9.17) is 4.74 Å². The summed E-state index contributed by atoms with van der Waals surface area (Å²) in [5.41, 5.74) is 2.70. The topological polar surface area (TPSA) is 98.5 Å². The molecular formula is C28H35N5O4. The highest BCUT2D eigenvalue weighted by atomic mass is 16.5. The second kappa shape index (κ2) is 11.9. The van der Waals surface area contributed by atoms with Gasteiger partial charge in [0.2, 0.25) is 5.91 Å². The molecule has 2 aromatic carbocycles. The molecule has 4 rings (SSSR count). The third kappa shape index (κ3) is 6.28. The summed E-state index contributed by atoms with van der Waals surface area (Å²) in [7, 11) is 0. The molecule has 196 valence electrons. The number of nitrogens with zero attached hydrogens (tertiary/aromatic N) is 4. The SMILES string of the molecule is CCOC(=O)C(C)NC(=O)CC1CCN(c2ccc(-n3cnn(C(C)c4ccccc4)c3=O)cc2)CC1.